The monoisotopic (exact) mass is 291 g/mol. The summed E-state index contributed by atoms with van der Waals surface area (Å²) in [5, 5.41) is 3.26. The van der Waals surface area contributed by atoms with E-state index in [0.29, 0.717) is 13.1 Å². The molecule has 0 aromatic heterocycles. The van der Waals surface area contributed by atoms with Crippen LogP contribution in [-0.2, 0) is 11.3 Å². The van der Waals surface area contributed by atoms with E-state index < -0.39 is 0 Å². The van der Waals surface area contributed by atoms with Crippen LogP contribution in [0.15, 0.2) is 18.2 Å². The molecule has 1 aromatic rings. The van der Waals surface area contributed by atoms with Gasteiger partial charge in [-0.1, -0.05) is 17.7 Å². The molecule has 1 aliphatic rings. The summed E-state index contributed by atoms with van der Waals surface area (Å²) in [6, 6.07) is 6.13. The molecular weight excluding hydrogens is 266 g/mol. The first-order valence-corrected chi connectivity index (χ1v) is 7.40. The van der Waals surface area contributed by atoms with E-state index in [2.05, 4.69) is 18.3 Å². The van der Waals surface area contributed by atoms with E-state index in [0.717, 1.165) is 37.5 Å². The third-order valence-corrected chi connectivity index (χ3v) is 3.75. The summed E-state index contributed by atoms with van der Waals surface area (Å²) in [5.41, 5.74) is 2.32. The molecule has 0 bridgehead atoms. The van der Waals surface area contributed by atoms with Gasteiger partial charge in [-0.05, 0) is 20.0 Å². The Kier molecular flexibility index (Phi) is 5.59. The van der Waals surface area contributed by atoms with E-state index in [1.165, 1.54) is 5.56 Å². The third kappa shape index (κ3) is 4.44. The predicted molar refractivity (Wildman–Crippen MR) is 83.5 cm³/mol. The summed E-state index contributed by atoms with van der Waals surface area (Å²) < 4.78 is 5.39. The number of aryl methyl sites for hydroxylation is 1. The van der Waals surface area contributed by atoms with Crippen molar-refractivity contribution in [2.45, 2.75) is 13.5 Å². The van der Waals surface area contributed by atoms with Crippen molar-refractivity contribution >= 4 is 5.91 Å². The minimum Gasteiger partial charge on any atom is -0.496 e. The summed E-state index contributed by atoms with van der Waals surface area (Å²) in [7, 11) is 3.65. The van der Waals surface area contributed by atoms with E-state index in [1.54, 1.807) is 7.11 Å². The van der Waals surface area contributed by atoms with Crippen LogP contribution in [0.3, 0.4) is 0 Å². The molecule has 2 rings (SSSR count). The molecule has 0 spiro atoms. The summed E-state index contributed by atoms with van der Waals surface area (Å²) in [6.07, 6.45) is 0. The van der Waals surface area contributed by atoms with Gasteiger partial charge in [-0.15, -0.1) is 0 Å². The average molecular weight is 291 g/mol. The number of carbonyl (C=O) groups is 1. The summed E-state index contributed by atoms with van der Waals surface area (Å²) >= 11 is 0. The molecule has 0 atom stereocenters. The number of methoxy groups -OCH3 is 1. The van der Waals surface area contributed by atoms with E-state index in [4.69, 9.17) is 4.74 Å². The van der Waals surface area contributed by atoms with E-state index in [9.17, 15) is 4.79 Å². The highest BCUT2D eigenvalue weighted by Crippen LogP contribution is 2.20. The van der Waals surface area contributed by atoms with Gasteiger partial charge < -0.3 is 15.0 Å². The summed E-state index contributed by atoms with van der Waals surface area (Å²) in [6.45, 7) is 6.61. The van der Waals surface area contributed by atoms with Crippen LogP contribution in [0.2, 0.25) is 0 Å². The largest absolute Gasteiger partial charge is 0.496 e. The Balaban J connectivity index is 1.93. The highest BCUT2D eigenvalue weighted by molar-refractivity contribution is 5.78. The number of hydrogen-bond acceptors (Lipinski definition) is 4. The molecule has 1 fully saturated rings. The van der Waals surface area contributed by atoms with Crippen molar-refractivity contribution in [3.05, 3.63) is 29.3 Å². The van der Waals surface area contributed by atoms with Crippen molar-refractivity contribution in [1.29, 1.82) is 0 Å². The van der Waals surface area contributed by atoms with Gasteiger partial charge in [0.1, 0.15) is 5.75 Å². The van der Waals surface area contributed by atoms with Crippen molar-refractivity contribution in [3.63, 3.8) is 0 Å². The Morgan fingerprint density at radius 1 is 1.38 bits per heavy atom. The molecule has 1 aromatic carbocycles. The molecule has 1 heterocycles. The van der Waals surface area contributed by atoms with E-state index in [-0.39, 0.29) is 5.91 Å². The van der Waals surface area contributed by atoms with Crippen molar-refractivity contribution in [1.82, 2.24) is 15.1 Å². The number of piperazine rings is 1. The fourth-order valence-electron chi connectivity index (χ4n) is 2.62. The lowest BCUT2D eigenvalue weighted by atomic mass is 10.1. The Labute approximate surface area is 126 Å². The summed E-state index contributed by atoms with van der Waals surface area (Å²) in [5.74, 6) is 1.08. The topological polar surface area (TPSA) is 44.8 Å². The fourth-order valence-corrected chi connectivity index (χ4v) is 2.62. The number of nitrogens with zero attached hydrogens (tertiary/aromatic N) is 2. The van der Waals surface area contributed by atoms with E-state index >= 15 is 0 Å². The molecule has 21 heavy (non-hydrogen) atoms. The minimum absolute atomic E-state index is 0.200. The highest BCUT2D eigenvalue weighted by atomic mass is 16.5. The second-order valence-electron chi connectivity index (χ2n) is 5.62. The quantitative estimate of drug-likeness (QED) is 0.874. The lowest BCUT2D eigenvalue weighted by Gasteiger charge is -2.29. The number of hydrogen-bond donors (Lipinski definition) is 1. The van der Waals surface area contributed by atoms with Gasteiger partial charge in [-0.3, -0.25) is 9.69 Å². The normalized spacial score (nSPS) is 15.3. The van der Waals surface area contributed by atoms with Gasteiger partial charge in [-0.2, -0.15) is 0 Å². The van der Waals surface area contributed by atoms with E-state index in [1.807, 2.05) is 29.0 Å². The maximum absolute atomic E-state index is 12.2. The molecule has 0 saturated carbocycles. The van der Waals surface area contributed by atoms with Crippen molar-refractivity contribution in [2.24, 2.45) is 0 Å². The van der Waals surface area contributed by atoms with Gasteiger partial charge in [0.15, 0.2) is 0 Å². The standard InChI is InChI=1S/C16H25N3O2/c1-13-4-5-15(21-3)14(10-13)11-18(2)12-16(20)19-8-6-17-7-9-19/h4-5,10,17H,6-9,11-12H2,1-3H3. The SMILES string of the molecule is COc1ccc(C)cc1CN(C)CC(=O)N1CCNCC1. The zero-order valence-corrected chi connectivity index (χ0v) is 13.2. The Morgan fingerprint density at radius 3 is 2.76 bits per heavy atom. The maximum Gasteiger partial charge on any atom is 0.236 e. The number of benzene rings is 1. The first kappa shape index (κ1) is 15.8. The predicted octanol–water partition coefficient (Wildman–Crippen LogP) is 0.867. The van der Waals surface area contributed by atoms with Gasteiger partial charge in [0, 0.05) is 38.3 Å². The van der Waals surface area contributed by atoms with Crippen LogP contribution < -0.4 is 10.1 Å². The Bertz CT molecular complexity index is 484. The van der Waals surface area contributed by atoms with Gasteiger partial charge in [0.2, 0.25) is 5.91 Å². The second-order valence-corrected chi connectivity index (χ2v) is 5.62. The van der Waals surface area contributed by atoms with Gasteiger partial charge >= 0.3 is 0 Å². The van der Waals surface area contributed by atoms with Crippen molar-refractivity contribution in [3.8, 4) is 5.75 Å². The van der Waals surface area contributed by atoms with Crippen LogP contribution in [0.4, 0.5) is 0 Å². The number of likely N-dealkylation sites (N-methyl/N-ethyl adjacent to an activating group) is 1. The second kappa shape index (κ2) is 7.43. The lowest BCUT2D eigenvalue weighted by molar-refractivity contribution is -0.132. The molecule has 1 aliphatic heterocycles. The Morgan fingerprint density at radius 2 is 2.10 bits per heavy atom. The molecule has 1 N–H and O–H groups in total. The highest BCUT2D eigenvalue weighted by Gasteiger charge is 2.18. The first-order chi connectivity index (χ1) is 10.1. The van der Waals surface area contributed by atoms with Gasteiger partial charge in [-0.25, -0.2) is 0 Å². The van der Waals surface area contributed by atoms with Gasteiger partial charge in [0.25, 0.3) is 0 Å². The Hall–Kier alpha value is -1.59. The maximum atomic E-state index is 12.2. The molecule has 5 nitrogen and oxygen atoms in total. The smallest absolute Gasteiger partial charge is 0.236 e. The number of ether oxygens (including phenoxy) is 1. The molecule has 0 unspecified atom stereocenters. The fraction of sp³-hybridized carbons (Fsp3) is 0.562. The number of amides is 1. The molecule has 5 heteroatoms. The zero-order chi connectivity index (χ0) is 15.2. The van der Waals surface area contributed by atoms with Crippen LogP contribution in [-0.4, -0.2) is 62.6 Å². The number of rotatable bonds is 5. The number of nitrogens with one attached hydrogen (secondary N) is 1. The van der Waals surface area contributed by atoms with Crippen LogP contribution in [0.5, 0.6) is 5.75 Å². The van der Waals surface area contributed by atoms with Crippen molar-refractivity contribution < 1.29 is 9.53 Å². The van der Waals surface area contributed by atoms with Crippen LogP contribution in [0.25, 0.3) is 0 Å². The van der Waals surface area contributed by atoms with Crippen LogP contribution in [0, 0.1) is 6.92 Å². The molecular formula is C16H25N3O2. The molecule has 116 valence electrons. The summed E-state index contributed by atoms with van der Waals surface area (Å²) in [4.78, 5) is 16.2. The lowest BCUT2D eigenvalue weighted by Crippen LogP contribution is -2.49. The van der Waals surface area contributed by atoms with Gasteiger partial charge in [0.05, 0.1) is 13.7 Å². The molecule has 1 saturated heterocycles. The molecule has 0 radical (unpaired) electrons. The van der Waals surface area contributed by atoms with Crippen LogP contribution >= 0.6 is 0 Å². The van der Waals surface area contributed by atoms with Crippen molar-refractivity contribution in [2.75, 3.05) is 46.9 Å². The number of carbonyl (C=O) groups excluding carboxylic acids is 1. The van der Waals surface area contributed by atoms with Crippen LogP contribution in [0.1, 0.15) is 11.1 Å². The molecule has 0 aliphatic carbocycles. The zero-order valence-electron chi connectivity index (χ0n) is 13.2. The molecule has 1 amide bonds. The minimum atomic E-state index is 0.200. The third-order valence-electron chi connectivity index (χ3n) is 3.75. The first-order valence-electron chi connectivity index (χ1n) is 7.40. The average Bonchev–Trinajstić information content (AvgIpc) is 2.48.